The van der Waals surface area contributed by atoms with Crippen molar-refractivity contribution in [1.29, 1.82) is 0 Å². The predicted molar refractivity (Wildman–Crippen MR) is 100 cm³/mol. The fourth-order valence-electron chi connectivity index (χ4n) is 3.04. The Morgan fingerprint density at radius 2 is 1.96 bits per heavy atom. The number of fused-ring (bicyclic) bond motifs is 1. The second kappa shape index (κ2) is 6.91. The van der Waals surface area contributed by atoms with Gasteiger partial charge in [-0.05, 0) is 48.9 Å². The third-order valence-electron chi connectivity index (χ3n) is 4.56. The van der Waals surface area contributed by atoms with E-state index in [1.54, 1.807) is 37.3 Å². The van der Waals surface area contributed by atoms with Crippen molar-refractivity contribution in [3.8, 4) is 0 Å². The molecule has 0 saturated carbocycles. The molecule has 4 rings (SSSR count). The van der Waals surface area contributed by atoms with Crippen LogP contribution in [0.3, 0.4) is 0 Å². The number of anilines is 2. The van der Waals surface area contributed by atoms with Crippen molar-refractivity contribution in [3.63, 3.8) is 0 Å². The molecule has 1 aromatic heterocycles. The first-order valence-electron chi connectivity index (χ1n) is 8.54. The van der Waals surface area contributed by atoms with Crippen LogP contribution in [0.2, 0.25) is 0 Å². The number of nitrogens with zero attached hydrogens (tertiary/aromatic N) is 2. The third-order valence-corrected chi connectivity index (χ3v) is 6.46. The van der Waals surface area contributed by atoms with Gasteiger partial charge >= 0.3 is 0 Å². The zero-order valence-corrected chi connectivity index (χ0v) is 15.5. The number of benzene rings is 2. The molecule has 0 spiro atoms. The van der Waals surface area contributed by atoms with E-state index in [4.69, 9.17) is 4.74 Å². The Morgan fingerprint density at radius 3 is 2.70 bits per heavy atom. The Balaban J connectivity index is 1.69. The van der Waals surface area contributed by atoms with Crippen LogP contribution in [0, 0.1) is 12.7 Å². The lowest BCUT2D eigenvalue weighted by atomic mass is 10.2. The number of morpholine rings is 1. The summed E-state index contributed by atoms with van der Waals surface area (Å²) in [7, 11) is -3.60. The van der Waals surface area contributed by atoms with Crippen LogP contribution >= 0.6 is 0 Å². The van der Waals surface area contributed by atoms with Crippen molar-refractivity contribution < 1.29 is 17.5 Å². The number of halogens is 1. The van der Waals surface area contributed by atoms with Gasteiger partial charge in [-0.1, -0.05) is 0 Å². The molecule has 142 valence electrons. The lowest BCUT2D eigenvalue weighted by molar-refractivity contribution is 0.0730. The molecule has 2 N–H and O–H groups in total. The molecule has 1 aliphatic rings. The summed E-state index contributed by atoms with van der Waals surface area (Å²) >= 11 is 0. The minimum atomic E-state index is -3.60. The van der Waals surface area contributed by atoms with E-state index in [1.165, 1.54) is 10.4 Å². The number of H-pyrrole nitrogens is 1. The van der Waals surface area contributed by atoms with Crippen molar-refractivity contribution in [2.45, 2.75) is 11.8 Å². The lowest BCUT2D eigenvalue weighted by Crippen LogP contribution is -2.40. The van der Waals surface area contributed by atoms with Crippen LogP contribution in [-0.2, 0) is 14.8 Å². The molecule has 1 saturated heterocycles. The molecule has 9 heteroatoms. The SMILES string of the molecule is Cc1cc(Nc2n[nH]c3ccc(S(=O)(=O)N4CCOCC4)cc23)ccc1F. The van der Waals surface area contributed by atoms with E-state index in [0.29, 0.717) is 54.3 Å². The Kier molecular flexibility index (Phi) is 4.58. The minimum absolute atomic E-state index is 0.205. The van der Waals surface area contributed by atoms with Gasteiger partial charge in [0.2, 0.25) is 10.0 Å². The molecule has 2 aromatic carbocycles. The number of hydrogen-bond acceptors (Lipinski definition) is 5. The van der Waals surface area contributed by atoms with Crippen molar-refractivity contribution in [3.05, 3.63) is 47.8 Å². The van der Waals surface area contributed by atoms with Crippen molar-refractivity contribution in [1.82, 2.24) is 14.5 Å². The normalized spacial score (nSPS) is 15.9. The molecule has 3 aromatic rings. The van der Waals surface area contributed by atoms with E-state index in [2.05, 4.69) is 15.5 Å². The molecule has 1 fully saturated rings. The summed E-state index contributed by atoms with van der Waals surface area (Å²) in [5.74, 6) is 0.196. The summed E-state index contributed by atoms with van der Waals surface area (Å²) in [5.41, 5.74) is 1.89. The maximum Gasteiger partial charge on any atom is 0.243 e. The number of aromatic amines is 1. The van der Waals surface area contributed by atoms with Gasteiger partial charge in [-0.3, -0.25) is 5.10 Å². The van der Waals surface area contributed by atoms with Gasteiger partial charge in [0.25, 0.3) is 0 Å². The highest BCUT2D eigenvalue weighted by atomic mass is 32.2. The quantitative estimate of drug-likeness (QED) is 0.715. The van der Waals surface area contributed by atoms with Gasteiger partial charge < -0.3 is 10.1 Å². The number of nitrogens with one attached hydrogen (secondary N) is 2. The molecule has 0 aliphatic carbocycles. The molecule has 7 nitrogen and oxygen atoms in total. The number of hydrogen-bond donors (Lipinski definition) is 2. The van der Waals surface area contributed by atoms with Gasteiger partial charge in [0.05, 0.1) is 23.6 Å². The topological polar surface area (TPSA) is 87.3 Å². The molecule has 2 heterocycles. The smallest absolute Gasteiger partial charge is 0.243 e. The van der Waals surface area contributed by atoms with E-state index in [1.807, 2.05) is 0 Å². The monoisotopic (exact) mass is 390 g/mol. The number of rotatable bonds is 4. The third kappa shape index (κ3) is 3.41. The maximum atomic E-state index is 13.5. The molecular formula is C18H19FN4O3S. The molecule has 1 aliphatic heterocycles. The van der Waals surface area contributed by atoms with Crippen molar-refractivity contribution >= 4 is 32.4 Å². The summed E-state index contributed by atoms with van der Waals surface area (Å²) in [4.78, 5) is 0.205. The van der Waals surface area contributed by atoms with E-state index in [0.717, 1.165) is 0 Å². The van der Waals surface area contributed by atoms with E-state index in [9.17, 15) is 12.8 Å². The highest BCUT2D eigenvalue weighted by Gasteiger charge is 2.27. The van der Waals surface area contributed by atoms with Crippen molar-refractivity contribution in [2.75, 3.05) is 31.6 Å². The first-order valence-corrected chi connectivity index (χ1v) is 9.98. The first-order chi connectivity index (χ1) is 12.9. The van der Waals surface area contributed by atoms with Gasteiger partial charge in [0.1, 0.15) is 5.82 Å². The molecule has 0 bridgehead atoms. The van der Waals surface area contributed by atoms with Crippen LogP contribution < -0.4 is 5.32 Å². The largest absolute Gasteiger partial charge is 0.379 e. The van der Waals surface area contributed by atoms with E-state index >= 15 is 0 Å². The summed E-state index contributed by atoms with van der Waals surface area (Å²) in [6.07, 6.45) is 0. The summed E-state index contributed by atoms with van der Waals surface area (Å²) in [6.45, 7) is 3.14. The van der Waals surface area contributed by atoms with Gasteiger partial charge in [0, 0.05) is 24.2 Å². The molecule has 27 heavy (non-hydrogen) atoms. The second-order valence-electron chi connectivity index (χ2n) is 6.39. The number of ether oxygens (including phenoxy) is 1. The van der Waals surface area contributed by atoms with Crippen LogP contribution in [0.4, 0.5) is 15.9 Å². The number of aromatic nitrogens is 2. The lowest BCUT2D eigenvalue weighted by Gasteiger charge is -2.26. The van der Waals surface area contributed by atoms with Crippen LogP contribution in [-0.4, -0.2) is 49.2 Å². The van der Waals surface area contributed by atoms with E-state index < -0.39 is 10.0 Å². The Labute approximate surface area is 156 Å². The zero-order valence-electron chi connectivity index (χ0n) is 14.7. The highest BCUT2D eigenvalue weighted by molar-refractivity contribution is 7.89. The van der Waals surface area contributed by atoms with Crippen molar-refractivity contribution in [2.24, 2.45) is 0 Å². The van der Waals surface area contributed by atoms with E-state index in [-0.39, 0.29) is 10.7 Å². The highest BCUT2D eigenvalue weighted by Crippen LogP contribution is 2.28. The fraction of sp³-hybridized carbons (Fsp3) is 0.278. The Hall–Kier alpha value is -2.49. The molecule has 0 radical (unpaired) electrons. The second-order valence-corrected chi connectivity index (χ2v) is 8.32. The Bertz CT molecular complexity index is 1090. The Morgan fingerprint density at radius 1 is 1.19 bits per heavy atom. The van der Waals surface area contributed by atoms with Gasteiger partial charge in [0.15, 0.2) is 5.82 Å². The average molecular weight is 390 g/mol. The minimum Gasteiger partial charge on any atom is -0.379 e. The van der Waals surface area contributed by atoms with Crippen LogP contribution in [0.15, 0.2) is 41.3 Å². The average Bonchev–Trinajstić information content (AvgIpc) is 3.07. The summed E-state index contributed by atoms with van der Waals surface area (Å²) < 4.78 is 45.9. The van der Waals surface area contributed by atoms with Gasteiger partial charge in [-0.2, -0.15) is 9.40 Å². The number of aryl methyl sites for hydroxylation is 1. The predicted octanol–water partition coefficient (Wildman–Crippen LogP) is 2.77. The molecule has 0 unspecified atom stereocenters. The van der Waals surface area contributed by atoms with Gasteiger partial charge in [-0.15, -0.1) is 0 Å². The van der Waals surface area contributed by atoms with Crippen LogP contribution in [0.25, 0.3) is 10.9 Å². The fourth-order valence-corrected chi connectivity index (χ4v) is 4.48. The summed E-state index contributed by atoms with van der Waals surface area (Å²) in [6, 6.07) is 9.51. The molecule has 0 atom stereocenters. The molecule has 0 amide bonds. The van der Waals surface area contributed by atoms with Gasteiger partial charge in [-0.25, -0.2) is 12.8 Å². The van der Waals surface area contributed by atoms with Crippen LogP contribution in [0.1, 0.15) is 5.56 Å². The van der Waals surface area contributed by atoms with Crippen LogP contribution in [0.5, 0.6) is 0 Å². The first kappa shape index (κ1) is 17.9. The zero-order chi connectivity index (χ0) is 19.0. The molecular weight excluding hydrogens is 371 g/mol. The number of sulfonamides is 1. The maximum absolute atomic E-state index is 13.5. The summed E-state index contributed by atoms with van der Waals surface area (Å²) in [5, 5.41) is 10.9. The standard InChI is InChI=1S/C18H19FN4O3S/c1-12-10-13(2-4-16(12)19)20-18-15-11-14(3-5-17(15)21-22-18)27(24,25)23-6-8-26-9-7-23/h2-5,10-11H,6-9H2,1H3,(H2,20,21,22).